The molecule has 3 nitrogen and oxygen atoms in total. The van der Waals surface area contributed by atoms with Crippen LogP contribution in [0.1, 0.15) is 48.4 Å². The maximum atomic E-state index is 13.4. The van der Waals surface area contributed by atoms with Crippen LogP contribution in [0.2, 0.25) is 0 Å². The Hall–Kier alpha value is -1.75. The minimum atomic E-state index is -0.801. The van der Waals surface area contributed by atoms with Crippen molar-refractivity contribution < 1.29 is 13.3 Å². The molecule has 0 amide bonds. The van der Waals surface area contributed by atoms with Crippen LogP contribution in [0.15, 0.2) is 22.7 Å². The average molecular weight is 306 g/mol. The first-order valence-corrected chi connectivity index (χ1v) is 7.73. The van der Waals surface area contributed by atoms with Crippen molar-refractivity contribution in [3.8, 4) is 0 Å². The van der Waals surface area contributed by atoms with Gasteiger partial charge in [-0.15, -0.1) is 0 Å². The van der Waals surface area contributed by atoms with Gasteiger partial charge in [-0.25, -0.2) is 8.78 Å². The molecular weight excluding hydrogens is 286 g/mol. The number of aryl methyl sites for hydroxylation is 2. The smallest absolute Gasteiger partial charge is 0.159 e. The van der Waals surface area contributed by atoms with Crippen LogP contribution in [0.4, 0.5) is 8.78 Å². The lowest BCUT2D eigenvalue weighted by Crippen LogP contribution is -2.23. The molecule has 1 saturated heterocycles. The summed E-state index contributed by atoms with van der Waals surface area (Å²) < 4.78 is 31.8. The van der Waals surface area contributed by atoms with Crippen molar-refractivity contribution in [2.75, 3.05) is 6.54 Å². The van der Waals surface area contributed by atoms with Gasteiger partial charge in [-0.3, -0.25) is 4.90 Å². The van der Waals surface area contributed by atoms with Gasteiger partial charge in [0.1, 0.15) is 5.76 Å². The van der Waals surface area contributed by atoms with E-state index in [0.29, 0.717) is 6.54 Å². The molecule has 0 spiro atoms. The van der Waals surface area contributed by atoms with Gasteiger partial charge in [0, 0.05) is 24.6 Å². The number of likely N-dealkylation sites (tertiary alicyclic amines) is 1. The fraction of sp³-hybridized carbons (Fsp3) is 0.471. The highest BCUT2D eigenvalue weighted by atomic mass is 19.2. The third-order valence-electron chi connectivity index (χ3n) is 4.37. The first kappa shape index (κ1) is 15.2. The van der Waals surface area contributed by atoms with Crippen LogP contribution in [-0.4, -0.2) is 16.6 Å². The number of halogens is 2. The Kier molecular flexibility index (Phi) is 4.25. The van der Waals surface area contributed by atoms with Gasteiger partial charge in [-0.05, 0) is 44.0 Å². The highest BCUT2D eigenvalue weighted by Crippen LogP contribution is 2.36. The van der Waals surface area contributed by atoms with Crippen molar-refractivity contribution in [1.29, 1.82) is 0 Å². The summed E-state index contributed by atoms with van der Waals surface area (Å²) in [4.78, 5) is 2.30. The molecule has 22 heavy (non-hydrogen) atoms. The quantitative estimate of drug-likeness (QED) is 0.849. The summed E-state index contributed by atoms with van der Waals surface area (Å²) in [5.74, 6) is -0.659. The third-order valence-corrected chi connectivity index (χ3v) is 4.37. The van der Waals surface area contributed by atoms with Crippen molar-refractivity contribution in [3.05, 3.63) is 52.4 Å². The van der Waals surface area contributed by atoms with E-state index < -0.39 is 11.6 Å². The highest BCUT2D eigenvalue weighted by molar-refractivity contribution is 5.28. The van der Waals surface area contributed by atoms with Crippen LogP contribution in [0.25, 0.3) is 0 Å². The van der Waals surface area contributed by atoms with Gasteiger partial charge < -0.3 is 4.52 Å². The molecule has 1 aromatic heterocycles. The highest BCUT2D eigenvalue weighted by Gasteiger charge is 2.31. The van der Waals surface area contributed by atoms with E-state index in [-0.39, 0.29) is 6.04 Å². The fourth-order valence-electron chi connectivity index (χ4n) is 3.32. The largest absolute Gasteiger partial charge is 0.361 e. The van der Waals surface area contributed by atoms with E-state index in [1.807, 2.05) is 6.92 Å². The van der Waals surface area contributed by atoms with Gasteiger partial charge in [0.25, 0.3) is 0 Å². The van der Waals surface area contributed by atoms with Gasteiger partial charge in [0.05, 0.1) is 5.69 Å². The molecule has 0 saturated carbocycles. The number of rotatable bonds is 4. The number of hydrogen-bond acceptors (Lipinski definition) is 3. The molecule has 1 atom stereocenters. The van der Waals surface area contributed by atoms with E-state index in [2.05, 4.69) is 17.0 Å². The van der Waals surface area contributed by atoms with E-state index in [0.717, 1.165) is 42.8 Å². The number of hydrogen-bond donors (Lipinski definition) is 0. The van der Waals surface area contributed by atoms with Crippen LogP contribution < -0.4 is 0 Å². The van der Waals surface area contributed by atoms with Crippen LogP contribution in [0.3, 0.4) is 0 Å². The summed E-state index contributed by atoms with van der Waals surface area (Å²) in [5.41, 5.74) is 2.89. The summed E-state index contributed by atoms with van der Waals surface area (Å²) in [5, 5.41) is 4.09. The van der Waals surface area contributed by atoms with Crippen molar-refractivity contribution in [1.82, 2.24) is 10.1 Å². The van der Waals surface area contributed by atoms with Crippen LogP contribution in [-0.2, 0) is 13.0 Å². The van der Waals surface area contributed by atoms with E-state index in [1.54, 1.807) is 6.07 Å². The second kappa shape index (κ2) is 6.16. The van der Waals surface area contributed by atoms with Crippen molar-refractivity contribution >= 4 is 0 Å². The molecule has 0 unspecified atom stereocenters. The summed E-state index contributed by atoms with van der Waals surface area (Å²) in [7, 11) is 0. The lowest BCUT2D eigenvalue weighted by Gasteiger charge is -2.24. The Bertz CT molecular complexity index is 669. The van der Waals surface area contributed by atoms with Crippen LogP contribution in [0.5, 0.6) is 0 Å². The van der Waals surface area contributed by atoms with E-state index in [4.69, 9.17) is 4.52 Å². The second-order valence-electron chi connectivity index (χ2n) is 5.84. The predicted octanol–water partition coefficient (Wildman–Crippen LogP) is 4.16. The number of nitrogens with zero attached hydrogens (tertiary/aromatic N) is 2. The van der Waals surface area contributed by atoms with E-state index in [9.17, 15) is 8.78 Å². The Morgan fingerprint density at radius 3 is 2.86 bits per heavy atom. The molecular formula is C17H20F2N2O. The van der Waals surface area contributed by atoms with Crippen LogP contribution in [0, 0.1) is 18.6 Å². The number of aromatic nitrogens is 1. The maximum Gasteiger partial charge on any atom is 0.159 e. The molecule has 1 aliphatic rings. The Morgan fingerprint density at radius 1 is 1.32 bits per heavy atom. The molecule has 5 heteroatoms. The molecule has 2 heterocycles. The molecule has 1 fully saturated rings. The van der Waals surface area contributed by atoms with Gasteiger partial charge in [-0.2, -0.15) is 0 Å². The molecule has 0 aliphatic carbocycles. The molecule has 3 rings (SSSR count). The molecule has 1 aromatic carbocycles. The minimum absolute atomic E-state index is 0.245. The Balaban J connectivity index is 1.84. The molecule has 0 bridgehead atoms. The third kappa shape index (κ3) is 2.77. The zero-order valence-electron chi connectivity index (χ0n) is 12.9. The molecule has 0 radical (unpaired) electrons. The summed E-state index contributed by atoms with van der Waals surface area (Å²) in [6.45, 7) is 5.57. The van der Waals surface area contributed by atoms with Gasteiger partial charge in [0.2, 0.25) is 0 Å². The van der Waals surface area contributed by atoms with E-state index >= 15 is 0 Å². The zero-order valence-corrected chi connectivity index (χ0v) is 12.9. The van der Waals surface area contributed by atoms with Gasteiger partial charge in [-0.1, -0.05) is 18.1 Å². The lowest BCUT2D eigenvalue weighted by atomic mass is 10.0. The van der Waals surface area contributed by atoms with E-state index in [1.165, 1.54) is 17.7 Å². The Morgan fingerprint density at radius 2 is 2.14 bits per heavy atom. The van der Waals surface area contributed by atoms with Crippen molar-refractivity contribution in [2.24, 2.45) is 0 Å². The Labute approximate surface area is 128 Å². The fourth-order valence-corrected chi connectivity index (χ4v) is 3.32. The topological polar surface area (TPSA) is 29.3 Å². The predicted molar refractivity (Wildman–Crippen MR) is 79.4 cm³/mol. The summed E-state index contributed by atoms with van der Waals surface area (Å²) in [6.07, 6.45) is 2.94. The molecule has 1 aliphatic heterocycles. The summed E-state index contributed by atoms with van der Waals surface area (Å²) in [6, 6.07) is 4.37. The SMILES string of the molecule is CCc1onc(C)c1[C@@H]1CCCN1Cc1ccc(F)c(F)c1. The maximum absolute atomic E-state index is 13.4. The molecule has 0 N–H and O–H groups in total. The molecule has 2 aromatic rings. The minimum Gasteiger partial charge on any atom is -0.361 e. The van der Waals surface area contributed by atoms with Gasteiger partial charge >= 0.3 is 0 Å². The van der Waals surface area contributed by atoms with Gasteiger partial charge in [0.15, 0.2) is 11.6 Å². The van der Waals surface area contributed by atoms with Crippen molar-refractivity contribution in [2.45, 2.75) is 45.7 Å². The van der Waals surface area contributed by atoms with Crippen molar-refractivity contribution in [3.63, 3.8) is 0 Å². The monoisotopic (exact) mass is 306 g/mol. The summed E-state index contributed by atoms with van der Waals surface area (Å²) >= 11 is 0. The first-order valence-electron chi connectivity index (χ1n) is 7.73. The normalized spacial score (nSPS) is 19.0. The number of benzene rings is 1. The lowest BCUT2D eigenvalue weighted by molar-refractivity contribution is 0.244. The van der Waals surface area contributed by atoms with Crippen LogP contribution >= 0.6 is 0 Å². The molecule has 118 valence electrons. The average Bonchev–Trinajstić information content (AvgIpc) is 3.09. The second-order valence-corrected chi connectivity index (χ2v) is 5.84. The zero-order chi connectivity index (χ0) is 15.7. The first-order chi connectivity index (χ1) is 10.6. The standard InChI is InChI=1S/C17H20F2N2O/c1-3-16-17(11(2)20-22-16)15-5-4-8-21(15)10-12-6-7-13(18)14(19)9-12/h6-7,9,15H,3-5,8,10H2,1-2H3/t15-/m0/s1.